The van der Waals surface area contributed by atoms with E-state index in [1.54, 1.807) is 14.2 Å². The zero-order valence-electron chi connectivity index (χ0n) is 14.7. The summed E-state index contributed by atoms with van der Waals surface area (Å²) in [5, 5.41) is 12.4. The van der Waals surface area contributed by atoms with Crippen LogP contribution in [0.25, 0.3) is 0 Å². The molecule has 8 heteroatoms. The van der Waals surface area contributed by atoms with Gasteiger partial charge < -0.3 is 19.9 Å². The molecule has 3 rings (SSSR count). The normalized spacial score (nSPS) is 16.4. The first kappa shape index (κ1) is 17.1. The highest BCUT2D eigenvalue weighted by molar-refractivity contribution is 5.51. The SMILES string of the molecule is COc1cc2c(cc1OC)[C@H](c1c(O)n(C)c(=O)n(C)c1=O)[NH2+]CC2. The highest BCUT2D eigenvalue weighted by Gasteiger charge is 2.33. The number of fused-ring (bicyclic) bond motifs is 1. The van der Waals surface area contributed by atoms with Gasteiger partial charge in [-0.3, -0.25) is 13.9 Å². The van der Waals surface area contributed by atoms with E-state index in [9.17, 15) is 14.7 Å². The van der Waals surface area contributed by atoms with Crippen LogP contribution in [0.3, 0.4) is 0 Å². The topological polar surface area (TPSA) is 99.3 Å². The monoisotopic (exact) mass is 348 g/mol. The molecule has 0 radical (unpaired) electrons. The van der Waals surface area contributed by atoms with E-state index < -0.39 is 17.3 Å². The van der Waals surface area contributed by atoms with Gasteiger partial charge in [0, 0.05) is 26.1 Å². The zero-order chi connectivity index (χ0) is 18.3. The van der Waals surface area contributed by atoms with Crippen molar-refractivity contribution in [3.05, 3.63) is 49.7 Å². The second-order valence-corrected chi connectivity index (χ2v) is 6.10. The van der Waals surface area contributed by atoms with E-state index in [1.165, 1.54) is 14.1 Å². The Hall–Kier alpha value is -2.74. The molecule has 0 bridgehead atoms. The molecule has 0 amide bonds. The minimum atomic E-state index is -0.561. The Morgan fingerprint density at radius 3 is 2.40 bits per heavy atom. The molecule has 1 atom stereocenters. The Morgan fingerprint density at radius 2 is 1.76 bits per heavy atom. The molecule has 8 nitrogen and oxygen atoms in total. The minimum absolute atomic E-state index is 0.192. The third-order valence-electron chi connectivity index (χ3n) is 4.78. The van der Waals surface area contributed by atoms with Gasteiger partial charge in [-0.05, 0) is 17.7 Å². The van der Waals surface area contributed by atoms with Gasteiger partial charge >= 0.3 is 5.69 Å². The fourth-order valence-electron chi connectivity index (χ4n) is 3.38. The number of nitrogens with zero attached hydrogens (tertiary/aromatic N) is 2. The predicted molar refractivity (Wildman–Crippen MR) is 90.5 cm³/mol. The van der Waals surface area contributed by atoms with Crippen LogP contribution >= 0.6 is 0 Å². The van der Waals surface area contributed by atoms with Crippen molar-refractivity contribution in [2.45, 2.75) is 12.5 Å². The highest BCUT2D eigenvalue weighted by Crippen LogP contribution is 2.36. The van der Waals surface area contributed by atoms with Crippen LogP contribution in [0.5, 0.6) is 17.4 Å². The molecule has 2 heterocycles. The van der Waals surface area contributed by atoms with Gasteiger partial charge in [-0.15, -0.1) is 0 Å². The lowest BCUT2D eigenvalue weighted by molar-refractivity contribution is -0.690. The van der Waals surface area contributed by atoms with Crippen LogP contribution in [0, 0.1) is 0 Å². The summed E-state index contributed by atoms with van der Waals surface area (Å²) in [6.07, 6.45) is 0.805. The summed E-state index contributed by atoms with van der Waals surface area (Å²) in [5.41, 5.74) is 1.03. The van der Waals surface area contributed by atoms with Crippen LogP contribution in [0.2, 0.25) is 0 Å². The third kappa shape index (κ3) is 2.58. The van der Waals surface area contributed by atoms with Gasteiger partial charge in [0.2, 0.25) is 5.88 Å². The van der Waals surface area contributed by atoms with Crippen molar-refractivity contribution in [3.63, 3.8) is 0 Å². The first-order chi connectivity index (χ1) is 11.9. The summed E-state index contributed by atoms with van der Waals surface area (Å²) in [7, 11) is 5.98. The predicted octanol–water partition coefficient (Wildman–Crippen LogP) is -0.984. The quantitative estimate of drug-likeness (QED) is 0.742. The van der Waals surface area contributed by atoms with Gasteiger partial charge in [-0.25, -0.2) is 4.79 Å². The number of ether oxygens (including phenoxy) is 2. The minimum Gasteiger partial charge on any atom is -0.494 e. The number of nitrogens with two attached hydrogens (primary N) is 1. The molecule has 0 fully saturated rings. The number of rotatable bonds is 3. The van der Waals surface area contributed by atoms with E-state index in [-0.39, 0.29) is 11.4 Å². The van der Waals surface area contributed by atoms with E-state index >= 15 is 0 Å². The van der Waals surface area contributed by atoms with Crippen LogP contribution in [0.15, 0.2) is 21.7 Å². The Balaban J connectivity index is 2.27. The maximum atomic E-state index is 12.7. The lowest BCUT2D eigenvalue weighted by Gasteiger charge is -2.26. The van der Waals surface area contributed by atoms with Crippen molar-refractivity contribution in [1.82, 2.24) is 9.13 Å². The third-order valence-corrected chi connectivity index (χ3v) is 4.78. The summed E-state index contributed by atoms with van der Waals surface area (Å²) < 4.78 is 12.8. The lowest BCUT2D eigenvalue weighted by atomic mass is 9.90. The highest BCUT2D eigenvalue weighted by atomic mass is 16.5. The fraction of sp³-hybridized carbons (Fsp3) is 0.412. The molecule has 0 spiro atoms. The number of aromatic nitrogens is 2. The van der Waals surface area contributed by atoms with Gasteiger partial charge in [-0.2, -0.15) is 0 Å². The Bertz CT molecular complexity index is 945. The van der Waals surface area contributed by atoms with Gasteiger partial charge in [-0.1, -0.05) is 0 Å². The fourth-order valence-corrected chi connectivity index (χ4v) is 3.38. The Morgan fingerprint density at radius 1 is 1.12 bits per heavy atom. The molecule has 0 saturated carbocycles. The molecule has 1 aliphatic rings. The van der Waals surface area contributed by atoms with Crippen LogP contribution < -0.4 is 26.0 Å². The molecule has 2 aromatic rings. The molecular formula is C17H22N3O5+. The van der Waals surface area contributed by atoms with Crippen molar-refractivity contribution >= 4 is 0 Å². The van der Waals surface area contributed by atoms with Crippen molar-refractivity contribution in [1.29, 1.82) is 0 Å². The van der Waals surface area contributed by atoms with E-state index in [0.29, 0.717) is 11.5 Å². The van der Waals surface area contributed by atoms with Gasteiger partial charge in [0.25, 0.3) is 5.56 Å². The Kier molecular flexibility index (Phi) is 4.30. The summed E-state index contributed by atoms with van der Waals surface area (Å²) >= 11 is 0. The van der Waals surface area contributed by atoms with Crippen LogP contribution in [0.1, 0.15) is 22.7 Å². The van der Waals surface area contributed by atoms with E-state index in [0.717, 1.165) is 33.2 Å². The van der Waals surface area contributed by atoms with Crippen LogP contribution in [0.4, 0.5) is 0 Å². The van der Waals surface area contributed by atoms with Gasteiger partial charge in [0.15, 0.2) is 11.5 Å². The second-order valence-electron chi connectivity index (χ2n) is 6.10. The molecule has 1 aliphatic heterocycles. The maximum Gasteiger partial charge on any atom is 0.333 e. The molecule has 1 aromatic heterocycles. The number of hydrogen-bond donors (Lipinski definition) is 2. The largest absolute Gasteiger partial charge is 0.494 e. The molecular weight excluding hydrogens is 326 g/mol. The molecule has 25 heavy (non-hydrogen) atoms. The molecule has 1 aromatic carbocycles. The number of hydrogen-bond acceptors (Lipinski definition) is 5. The zero-order valence-corrected chi connectivity index (χ0v) is 14.7. The van der Waals surface area contributed by atoms with E-state index in [2.05, 4.69) is 0 Å². The second kappa shape index (κ2) is 6.29. The summed E-state index contributed by atoms with van der Waals surface area (Å²) in [4.78, 5) is 24.7. The van der Waals surface area contributed by atoms with Gasteiger partial charge in [0.1, 0.15) is 11.6 Å². The number of aromatic hydroxyl groups is 1. The van der Waals surface area contributed by atoms with Crippen molar-refractivity contribution in [3.8, 4) is 17.4 Å². The average Bonchev–Trinajstić information content (AvgIpc) is 2.63. The standard InChI is InChI=1S/C17H21N3O5/c1-19-15(21)13(16(22)20(2)17(19)23)14-10-8-12(25-4)11(24-3)7-9(10)5-6-18-14/h7-8,14,18,21H,5-6H2,1-4H3/p+1/t14-/m1/s1. The molecule has 134 valence electrons. The molecule has 0 unspecified atom stereocenters. The summed E-state index contributed by atoms with van der Waals surface area (Å²) in [5.74, 6) is 0.874. The number of quaternary nitrogens is 1. The Labute approximate surface area is 144 Å². The van der Waals surface area contributed by atoms with E-state index in [1.807, 2.05) is 17.4 Å². The molecule has 0 saturated heterocycles. The summed E-state index contributed by atoms with van der Waals surface area (Å²) in [6, 6.07) is 3.31. The first-order valence-corrected chi connectivity index (χ1v) is 7.97. The van der Waals surface area contributed by atoms with Crippen LogP contribution in [-0.4, -0.2) is 35.0 Å². The first-order valence-electron chi connectivity index (χ1n) is 7.97. The van der Waals surface area contributed by atoms with Crippen LogP contribution in [-0.2, 0) is 20.5 Å². The summed E-state index contributed by atoms with van der Waals surface area (Å²) in [6.45, 7) is 0.749. The maximum absolute atomic E-state index is 12.7. The number of methoxy groups -OCH3 is 2. The average molecular weight is 348 g/mol. The van der Waals surface area contributed by atoms with Crippen molar-refractivity contribution in [2.24, 2.45) is 14.1 Å². The molecule has 0 aliphatic carbocycles. The van der Waals surface area contributed by atoms with Gasteiger partial charge in [0.05, 0.1) is 20.8 Å². The van der Waals surface area contributed by atoms with Crippen molar-refractivity contribution < 1.29 is 19.9 Å². The smallest absolute Gasteiger partial charge is 0.333 e. The number of benzene rings is 1. The van der Waals surface area contributed by atoms with E-state index in [4.69, 9.17) is 9.47 Å². The lowest BCUT2D eigenvalue weighted by Crippen LogP contribution is -2.88. The van der Waals surface area contributed by atoms with Crippen molar-refractivity contribution in [2.75, 3.05) is 20.8 Å². The molecule has 3 N–H and O–H groups in total.